The summed E-state index contributed by atoms with van der Waals surface area (Å²) >= 11 is 5.67. The fourth-order valence-corrected chi connectivity index (χ4v) is 4.42. The number of hydrogen-bond acceptors (Lipinski definition) is 6. The minimum atomic E-state index is -0.662. The van der Waals surface area contributed by atoms with Crippen molar-refractivity contribution in [3.05, 3.63) is 54.1 Å². The van der Waals surface area contributed by atoms with Crippen molar-refractivity contribution in [2.24, 2.45) is 0 Å². The van der Waals surface area contributed by atoms with E-state index >= 15 is 0 Å². The molecule has 1 saturated carbocycles. The predicted molar refractivity (Wildman–Crippen MR) is 132 cm³/mol. The van der Waals surface area contributed by atoms with Gasteiger partial charge < -0.3 is 19.7 Å². The minimum absolute atomic E-state index is 0.0252. The normalized spacial score (nSPS) is 17.6. The first kappa shape index (κ1) is 23.7. The summed E-state index contributed by atoms with van der Waals surface area (Å²) in [5.41, 5.74) is 1.59. The van der Waals surface area contributed by atoms with E-state index < -0.39 is 12.0 Å². The minimum Gasteiger partial charge on any atom is -0.494 e. The number of nitrogens with one attached hydrogen (secondary N) is 1. The fourth-order valence-electron chi connectivity index (χ4n) is 3.95. The number of benzene rings is 2. The molecule has 2 fully saturated rings. The van der Waals surface area contributed by atoms with Gasteiger partial charge in [0.25, 0.3) is 5.91 Å². The van der Waals surface area contributed by atoms with Crippen LogP contribution in [0.1, 0.15) is 43.5 Å². The van der Waals surface area contributed by atoms with Crippen LogP contribution in [0.5, 0.6) is 5.75 Å². The smallest absolute Gasteiger partial charge is 0.338 e. The quantitative estimate of drug-likeness (QED) is 0.431. The average Bonchev–Trinajstić information content (AvgIpc) is 3.62. The van der Waals surface area contributed by atoms with Gasteiger partial charge in [-0.3, -0.25) is 14.5 Å². The second-order valence-electron chi connectivity index (χ2n) is 8.09. The Kier molecular flexibility index (Phi) is 7.12. The van der Waals surface area contributed by atoms with Crippen LogP contribution in [0.15, 0.2) is 48.5 Å². The lowest BCUT2D eigenvalue weighted by Crippen LogP contribution is -2.39. The van der Waals surface area contributed by atoms with Gasteiger partial charge in [-0.15, -0.1) is 0 Å². The van der Waals surface area contributed by atoms with E-state index in [9.17, 15) is 14.4 Å². The van der Waals surface area contributed by atoms with E-state index in [2.05, 4.69) is 5.32 Å². The lowest BCUT2D eigenvalue weighted by Gasteiger charge is -2.23. The molecule has 1 saturated heterocycles. The first-order valence-electron chi connectivity index (χ1n) is 11.4. The molecule has 9 heteroatoms. The largest absolute Gasteiger partial charge is 0.494 e. The number of thiocarbonyl (C=S) groups is 1. The van der Waals surface area contributed by atoms with Gasteiger partial charge in [-0.2, -0.15) is 0 Å². The summed E-state index contributed by atoms with van der Waals surface area (Å²) in [6.45, 7) is 4.49. The van der Waals surface area contributed by atoms with Gasteiger partial charge in [0.1, 0.15) is 11.8 Å². The highest BCUT2D eigenvalue weighted by atomic mass is 32.1. The van der Waals surface area contributed by atoms with Crippen molar-refractivity contribution in [3.63, 3.8) is 0 Å². The first-order valence-corrected chi connectivity index (χ1v) is 11.8. The van der Waals surface area contributed by atoms with Gasteiger partial charge in [0.15, 0.2) is 5.11 Å². The van der Waals surface area contributed by atoms with Gasteiger partial charge in [-0.05, 0) is 87.4 Å². The topological polar surface area (TPSA) is 88.2 Å². The highest BCUT2D eigenvalue weighted by molar-refractivity contribution is 7.80. The van der Waals surface area contributed by atoms with Gasteiger partial charge in [0.05, 0.1) is 30.9 Å². The van der Waals surface area contributed by atoms with E-state index in [0.29, 0.717) is 41.0 Å². The van der Waals surface area contributed by atoms with Crippen LogP contribution in [-0.2, 0) is 14.3 Å². The molecule has 0 spiro atoms. The number of hydrogen-bond donors (Lipinski definition) is 1. The molecule has 178 valence electrons. The Balaban J connectivity index is 1.46. The maximum Gasteiger partial charge on any atom is 0.338 e. The number of amides is 2. The summed E-state index contributed by atoms with van der Waals surface area (Å²) in [6, 6.07) is 13.2. The van der Waals surface area contributed by atoms with Crippen molar-refractivity contribution >= 4 is 46.5 Å². The third-order valence-corrected chi connectivity index (χ3v) is 6.05. The number of carbonyl (C=O) groups excluding carboxylic acids is 3. The maximum atomic E-state index is 13.4. The molecule has 1 unspecified atom stereocenters. The molecule has 1 N–H and O–H groups in total. The zero-order valence-electron chi connectivity index (χ0n) is 19.2. The molecular formula is C25H27N3O5S. The second kappa shape index (κ2) is 10.2. The van der Waals surface area contributed by atoms with Crippen LogP contribution in [0.3, 0.4) is 0 Å². The lowest BCUT2D eigenvalue weighted by atomic mass is 10.1. The van der Waals surface area contributed by atoms with Crippen molar-refractivity contribution in [3.8, 4) is 5.75 Å². The van der Waals surface area contributed by atoms with Crippen molar-refractivity contribution in [2.45, 2.75) is 45.2 Å². The summed E-state index contributed by atoms with van der Waals surface area (Å²) in [6.07, 6.45) is 1.86. The molecule has 2 aliphatic rings. The zero-order valence-corrected chi connectivity index (χ0v) is 20.0. The number of esters is 1. The van der Waals surface area contributed by atoms with Crippen LogP contribution < -0.4 is 15.0 Å². The number of rotatable bonds is 9. The molecule has 2 aromatic carbocycles. The van der Waals surface area contributed by atoms with Crippen molar-refractivity contribution in [1.29, 1.82) is 0 Å². The van der Waals surface area contributed by atoms with Crippen molar-refractivity contribution < 1.29 is 23.9 Å². The molecule has 1 aliphatic carbocycles. The van der Waals surface area contributed by atoms with E-state index in [1.165, 1.54) is 4.90 Å². The lowest BCUT2D eigenvalue weighted by molar-refractivity contribution is -0.124. The van der Waals surface area contributed by atoms with Crippen LogP contribution in [-0.4, -0.2) is 53.1 Å². The van der Waals surface area contributed by atoms with Gasteiger partial charge in [0, 0.05) is 11.7 Å². The Morgan fingerprint density at radius 1 is 1.03 bits per heavy atom. The highest BCUT2D eigenvalue weighted by Gasteiger charge is 2.49. The Hall–Kier alpha value is -3.46. The molecular weight excluding hydrogens is 454 g/mol. The van der Waals surface area contributed by atoms with Gasteiger partial charge in [0.2, 0.25) is 5.91 Å². The van der Waals surface area contributed by atoms with Crippen LogP contribution in [0, 0.1) is 0 Å². The number of carbonyl (C=O) groups is 3. The number of anilines is 2. The Labute approximate surface area is 203 Å². The third-order valence-electron chi connectivity index (χ3n) is 5.66. The summed E-state index contributed by atoms with van der Waals surface area (Å²) in [5, 5.41) is 3.23. The monoisotopic (exact) mass is 481 g/mol. The van der Waals surface area contributed by atoms with Crippen molar-refractivity contribution in [1.82, 2.24) is 4.90 Å². The first-order chi connectivity index (χ1) is 16.4. The van der Waals surface area contributed by atoms with Crippen LogP contribution in [0.25, 0.3) is 0 Å². The number of ether oxygens (including phenoxy) is 2. The molecule has 34 heavy (non-hydrogen) atoms. The SMILES string of the molecule is CCOC(=O)c1ccc(NC(=O)CC2C(=O)N(c3ccc(OCC)cc3)C(=S)N2C2CC2)cc1. The third kappa shape index (κ3) is 5.04. The number of nitrogens with zero attached hydrogens (tertiary/aromatic N) is 2. The van der Waals surface area contributed by atoms with Gasteiger partial charge >= 0.3 is 5.97 Å². The second-order valence-corrected chi connectivity index (χ2v) is 8.45. The summed E-state index contributed by atoms with van der Waals surface area (Å²) in [7, 11) is 0. The van der Waals surface area contributed by atoms with Crippen LogP contribution in [0.2, 0.25) is 0 Å². The highest BCUT2D eigenvalue weighted by Crippen LogP contribution is 2.37. The molecule has 2 amide bonds. The standard InChI is InChI=1S/C25H27N3O5S/c1-3-32-20-13-11-19(12-14-20)28-23(30)21(27(25(28)34)18-9-10-18)15-22(29)26-17-7-5-16(6-8-17)24(31)33-4-2/h5-8,11-14,18,21H,3-4,9-10,15H2,1-2H3,(H,26,29). The molecule has 0 bridgehead atoms. The molecule has 0 radical (unpaired) electrons. The van der Waals surface area contributed by atoms with Crippen LogP contribution in [0.4, 0.5) is 11.4 Å². The Morgan fingerprint density at radius 3 is 2.29 bits per heavy atom. The van der Waals surface area contributed by atoms with E-state index in [-0.39, 0.29) is 24.3 Å². The summed E-state index contributed by atoms with van der Waals surface area (Å²) < 4.78 is 10.5. The van der Waals surface area contributed by atoms with Gasteiger partial charge in [-0.25, -0.2) is 4.79 Å². The fraction of sp³-hybridized carbons (Fsp3) is 0.360. The molecule has 1 aliphatic heterocycles. The average molecular weight is 482 g/mol. The molecule has 8 nitrogen and oxygen atoms in total. The maximum absolute atomic E-state index is 13.4. The van der Waals surface area contributed by atoms with E-state index in [1.807, 2.05) is 11.8 Å². The van der Waals surface area contributed by atoms with Crippen LogP contribution >= 0.6 is 12.2 Å². The Morgan fingerprint density at radius 2 is 1.71 bits per heavy atom. The molecule has 2 aromatic rings. The van der Waals surface area contributed by atoms with Gasteiger partial charge in [-0.1, -0.05) is 0 Å². The Bertz CT molecular complexity index is 1080. The molecule has 4 rings (SSSR count). The molecule has 1 atom stereocenters. The molecule has 0 aromatic heterocycles. The summed E-state index contributed by atoms with van der Waals surface area (Å²) in [5.74, 6) is -0.217. The predicted octanol–water partition coefficient (Wildman–Crippen LogP) is 3.76. The van der Waals surface area contributed by atoms with Crippen molar-refractivity contribution in [2.75, 3.05) is 23.4 Å². The van der Waals surface area contributed by atoms with E-state index in [1.54, 1.807) is 55.5 Å². The molecule has 1 heterocycles. The summed E-state index contributed by atoms with van der Waals surface area (Å²) in [4.78, 5) is 41.4. The zero-order chi connectivity index (χ0) is 24.2. The van der Waals surface area contributed by atoms with E-state index in [0.717, 1.165) is 12.8 Å². The van der Waals surface area contributed by atoms with E-state index in [4.69, 9.17) is 21.7 Å².